The molecule has 0 bridgehead atoms. The molecule has 0 unspecified atom stereocenters. The Morgan fingerprint density at radius 2 is 2.03 bits per heavy atom. The van der Waals surface area contributed by atoms with Gasteiger partial charge in [0, 0.05) is 70.1 Å². The Kier molecular flexibility index (Phi) is 7.38. The molecule has 2 aromatic rings. The van der Waals surface area contributed by atoms with Gasteiger partial charge in [0.05, 0.1) is 6.61 Å². The van der Waals surface area contributed by atoms with Gasteiger partial charge in [-0.3, -0.25) is 9.69 Å². The van der Waals surface area contributed by atoms with Crippen molar-refractivity contribution in [3.8, 4) is 0 Å². The van der Waals surface area contributed by atoms with Crippen LogP contribution >= 0.6 is 11.6 Å². The smallest absolute Gasteiger partial charge is 0.256 e. The number of rotatable bonds is 9. The van der Waals surface area contributed by atoms with Gasteiger partial charge in [0.15, 0.2) is 0 Å². The zero-order valence-electron chi connectivity index (χ0n) is 20.0. The molecule has 5 rings (SSSR count). The third kappa shape index (κ3) is 5.86. The van der Waals surface area contributed by atoms with Crippen LogP contribution in [0.4, 0.5) is 11.8 Å². The monoisotopic (exact) mass is 499 g/mol. The fourth-order valence-electron chi connectivity index (χ4n) is 4.89. The minimum Gasteiger partial charge on any atom is -0.392 e. The largest absolute Gasteiger partial charge is 0.392 e. The first-order valence-corrected chi connectivity index (χ1v) is 12.9. The first-order chi connectivity index (χ1) is 17.0. The van der Waals surface area contributed by atoms with E-state index in [1.165, 1.54) is 19.3 Å². The molecule has 1 spiro atoms. The van der Waals surface area contributed by atoms with E-state index in [1.807, 2.05) is 18.2 Å². The SMILES string of the molecule is O=C(NCCN1CCNCC1)c1cnc(N2CCC3(CC3)C2)nc1NCc1ccc(CO)c(Cl)c1. The molecule has 2 aliphatic heterocycles. The summed E-state index contributed by atoms with van der Waals surface area (Å²) in [7, 11) is 0. The van der Waals surface area contributed by atoms with Crippen LogP contribution in [-0.4, -0.2) is 78.2 Å². The van der Waals surface area contributed by atoms with Crippen LogP contribution in [0.5, 0.6) is 0 Å². The number of hydrogen-bond donors (Lipinski definition) is 4. The number of benzene rings is 1. The molecule has 188 valence electrons. The van der Waals surface area contributed by atoms with Gasteiger partial charge in [-0.25, -0.2) is 4.98 Å². The molecule has 1 saturated carbocycles. The van der Waals surface area contributed by atoms with E-state index in [1.54, 1.807) is 6.20 Å². The lowest BCUT2D eigenvalue weighted by molar-refractivity contribution is 0.0947. The van der Waals surface area contributed by atoms with E-state index in [-0.39, 0.29) is 12.5 Å². The van der Waals surface area contributed by atoms with Gasteiger partial charge in [0.1, 0.15) is 11.4 Å². The van der Waals surface area contributed by atoms with Crippen molar-refractivity contribution in [2.24, 2.45) is 5.41 Å². The zero-order valence-corrected chi connectivity index (χ0v) is 20.8. The minimum absolute atomic E-state index is 0.0998. The lowest BCUT2D eigenvalue weighted by Gasteiger charge is -2.27. The second-order valence-electron chi connectivity index (χ2n) is 9.89. The van der Waals surface area contributed by atoms with Crippen LogP contribution in [0.3, 0.4) is 0 Å². The second-order valence-corrected chi connectivity index (χ2v) is 10.3. The van der Waals surface area contributed by atoms with Gasteiger partial charge >= 0.3 is 0 Å². The Labute approximate surface area is 211 Å². The summed E-state index contributed by atoms with van der Waals surface area (Å²) >= 11 is 6.27. The molecule has 4 N–H and O–H groups in total. The number of aliphatic hydroxyl groups excluding tert-OH is 1. The topological polar surface area (TPSA) is 106 Å². The highest BCUT2D eigenvalue weighted by Crippen LogP contribution is 2.53. The van der Waals surface area contributed by atoms with Gasteiger partial charge < -0.3 is 26.0 Å². The summed E-state index contributed by atoms with van der Waals surface area (Å²) in [6, 6.07) is 5.55. The fraction of sp³-hybridized carbons (Fsp3) is 0.560. The van der Waals surface area contributed by atoms with E-state index in [0.717, 1.165) is 51.4 Å². The molecule has 1 aromatic heterocycles. The Balaban J connectivity index is 1.29. The highest BCUT2D eigenvalue weighted by Gasteiger charge is 2.48. The van der Waals surface area contributed by atoms with Crippen molar-refractivity contribution < 1.29 is 9.90 Å². The summed E-state index contributed by atoms with van der Waals surface area (Å²) in [5.74, 6) is 1.01. The molecule has 3 aliphatic rings. The molecular formula is C25H34ClN7O2. The quantitative estimate of drug-likeness (QED) is 0.414. The first-order valence-electron chi connectivity index (χ1n) is 12.5. The average Bonchev–Trinajstić information content (AvgIpc) is 3.51. The zero-order chi connectivity index (χ0) is 24.3. The number of amides is 1. The lowest BCUT2D eigenvalue weighted by atomic mass is 10.1. The molecule has 9 nitrogen and oxygen atoms in total. The third-order valence-electron chi connectivity index (χ3n) is 7.37. The van der Waals surface area contributed by atoms with E-state index >= 15 is 0 Å². The van der Waals surface area contributed by atoms with Gasteiger partial charge in [-0.15, -0.1) is 0 Å². The molecule has 1 aromatic carbocycles. The summed E-state index contributed by atoms with van der Waals surface area (Å²) in [4.78, 5) is 27.0. The van der Waals surface area contributed by atoms with E-state index < -0.39 is 0 Å². The van der Waals surface area contributed by atoms with Crippen LogP contribution in [0.1, 0.15) is 40.7 Å². The van der Waals surface area contributed by atoms with Crippen LogP contribution in [0.25, 0.3) is 0 Å². The van der Waals surface area contributed by atoms with Crippen molar-refractivity contribution in [3.63, 3.8) is 0 Å². The van der Waals surface area contributed by atoms with Crippen molar-refractivity contribution in [2.45, 2.75) is 32.4 Å². The molecular weight excluding hydrogens is 466 g/mol. The number of halogens is 1. The van der Waals surface area contributed by atoms with Crippen molar-refractivity contribution in [3.05, 3.63) is 46.1 Å². The molecule has 10 heteroatoms. The number of piperazine rings is 1. The summed E-state index contributed by atoms with van der Waals surface area (Å²) in [6.45, 7) is 7.65. The number of nitrogens with one attached hydrogen (secondary N) is 3. The Morgan fingerprint density at radius 3 is 2.74 bits per heavy atom. The van der Waals surface area contributed by atoms with Crippen LogP contribution in [-0.2, 0) is 13.2 Å². The molecule has 2 saturated heterocycles. The highest BCUT2D eigenvalue weighted by atomic mass is 35.5. The second kappa shape index (κ2) is 10.7. The Bertz CT molecular complexity index is 1060. The van der Waals surface area contributed by atoms with Crippen LogP contribution in [0, 0.1) is 5.41 Å². The maximum absolute atomic E-state index is 13.1. The lowest BCUT2D eigenvalue weighted by Crippen LogP contribution is -2.46. The number of nitrogens with zero attached hydrogens (tertiary/aromatic N) is 4. The van der Waals surface area contributed by atoms with Gasteiger partial charge in [0.25, 0.3) is 5.91 Å². The molecule has 0 atom stereocenters. The number of carbonyl (C=O) groups excluding carboxylic acids is 1. The maximum Gasteiger partial charge on any atom is 0.256 e. The molecule has 3 heterocycles. The average molecular weight is 500 g/mol. The van der Waals surface area contributed by atoms with E-state index in [4.69, 9.17) is 16.6 Å². The van der Waals surface area contributed by atoms with Gasteiger partial charge in [0.2, 0.25) is 5.95 Å². The number of anilines is 2. The van der Waals surface area contributed by atoms with E-state index in [0.29, 0.717) is 46.4 Å². The van der Waals surface area contributed by atoms with Crippen molar-refractivity contribution in [2.75, 3.05) is 62.6 Å². The predicted octanol–water partition coefficient (Wildman–Crippen LogP) is 1.86. The molecule has 1 aliphatic carbocycles. The number of hydrogen-bond acceptors (Lipinski definition) is 8. The Hall–Kier alpha value is -2.46. The Morgan fingerprint density at radius 1 is 1.20 bits per heavy atom. The number of carbonyl (C=O) groups is 1. The summed E-state index contributed by atoms with van der Waals surface area (Å²) in [6.07, 6.45) is 5.40. The normalized spacial score (nSPS) is 19.2. The number of aliphatic hydroxyl groups is 1. The van der Waals surface area contributed by atoms with Gasteiger partial charge in [-0.1, -0.05) is 23.7 Å². The van der Waals surface area contributed by atoms with Crippen LogP contribution in [0.2, 0.25) is 5.02 Å². The van der Waals surface area contributed by atoms with Crippen molar-refractivity contribution >= 4 is 29.3 Å². The number of aromatic nitrogens is 2. The maximum atomic E-state index is 13.1. The van der Waals surface area contributed by atoms with Crippen LogP contribution < -0.4 is 20.9 Å². The predicted molar refractivity (Wildman–Crippen MR) is 137 cm³/mol. The molecule has 35 heavy (non-hydrogen) atoms. The van der Waals surface area contributed by atoms with Crippen molar-refractivity contribution in [1.29, 1.82) is 0 Å². The van der Waals surface area contributed by atoms with Gasteiger partial charge in [-0.2, -0.15) is 4.98 Å². The summed E-state index contributed by atoms with van der Waals surface area (Å²) in [5, 5.41) is 19.6. The summed E-state index contributed by atoms with van der Waals surface area (Å²) in [5.41, 5.74) is 2.53. The molecule has 0 radical (unpaired) electrons. The van der Waals surface area contributed by atoms with E-state index in [2.05, 4.69) is 30.7 Å². The fourth-order valence-corrected chi connectivity index (χ4v) is 5.15. The molecule has 3 fully saturated rings. The van der Waals surface area contributed by atoms with Crippen LogP contribution in [0.15, 0.2) is 24.4 Å². The van der Waals surface area contributed by atoms with Crippen molar-refractivity contribution in [1.82, 2.24) is 25.5 Å². The third-order valence-corrected chi connectivity index (χ3v) is 7.72. The first kappa shape index (κ1) is 24.2. The molecule has 1 amide bonds. The highest BCUT2D eigenvalue weighted by molar-refractivity contribution is 6.31. The van der Waals surface area contributed by atoms with E-state index in [9.17, 15) is 9.90 Å². The van der Waals surface area contributed by atoms with Gasteiger partial charge in [-0.05, 0) is 41.9 Å². The summed E-state index contributed by atoms with van der Waals surface area (Å²) < 4.78 is 0. The minimum atomic E-state index is -0.178. The standard InChI is InChI=1S/C25H34ClN7O2/c26-21-13-18(1-2-19(21)16-34)14-29-22-20(23(35)28-8-12-32-10-6-27-7-11-32)15-30-24(31-22)33-9-5-25(17-33)3-4-25/h1-2,13,15,27,34H,3-12,14,16-17H2,(H,28,35)(H,29,30,31).